The number of anilines is 1. The minimum Gasteiger partial charge on any atom is -0.490 e. The summed E-state index contributed by atoms with van der Waals surface area (Å²) < 4.78 is 29.9. The van der Waals surface area contributed by atoms with Crippen LogP contribution in [0.4, 0.5) is 5.69 Å². The summed E-state index contributed by atoms with van der Waals surface area (Å²) in [6.45, 7) is 3.90. The Kier molecular flexibility index (Phi) is 6.66. The Balaban J connectivity index is 2.50. The van der Waals surface area contributed by atoms with Gasteiger partial charge in [-0.15, -0.1) is 0 Å². The van der Waals surface area contributed by atoms with Gasteiger partial charge in [0.05, 0.1) is 17.9 Å². The van der Waals surface area contributed by atoms with E-state index in [-0.39, 0.29) is 16.2 Å². The van der Waals surface area contributed by atoms with Crippen molar-refractivity contribution in [2.45, 2.75) is 50.3 Å². The number of piperidine rings is 1. The number of ether oxygens (including phenoxy) is 1. The van der Waals surface area contributed by atoms with E-state index in [9.17, 15) is 18.3 Å². The zero-order chi connectivity index (χ0) is 18.4. The van der Waals surface area contributed by atoms with Gasteiger partial charge < -0.3 is 14.7 Å². The van der Waals surface area contributed by atoms with Crippen molar-refractivity contribution in [1.82, 2.24) is 0 Å². The third-order valence-corrected chi connectivity index (χ3v) is 5.20. The number of nitrogens with zero attached hydrogens (tertiary/aromatic N) is 1. The van der Waals surface area contributed by atoms with Crippen LogP contribution in [0.1, 0.15) is 55.8 Å². The number of nitrogens with two attached hydrogens (primary N) is 1. The van der Waals surface area contributed by atoms with Gasteiger partial charge in [0.1, 0.15) is 4.90 Å². The molecule has 1 aromatic rings. The molecular formula is C17H26N2O5S. The van der Waals surface area contributed by atoms with Crippen molar-refractivity contribution >= 4 is 21.7 Å². The van der Waals surface area contributed by atoms with Gasteiger partial charge in [0.15, 0.2) is 5.75 Å². The molecule has 0 saturated carbocycles. The average Bonchev–Trinajstić information content (AvgIpc) is 2.58. The van der Waals surface area contributed by atoms with Crippen LogP contribution in [0.2, 0.25) is 0 Å². The van der Waals surface area contributed by atoms with Crippen molar-refractivity contribution in [3.8, 4) is 5.75 Å². The Morgan fingerprint density at radius 1 is 1.24 bits per heavy atom. The largest absolute Gasteiger partial charge is 0.490 e. The van der Waals surface area contributed by atoms with Crippen LogP contribution in [0.5, 0.6) is 5.75 Å². The van der Waals surface area contributed by atoms with Gasteiger partial charge in [-0.2, -0.15) is 0 Å². The molecular weight excluding hydrogens is 344 g/mol. The molecule has 0 unspecified atom stereocenters. The molecule has 0 spiro atoms. The smallest absolute Gasteiger partial charge is 0.335 e. The summed E-state index contributed by atoms with van der Waals surface area (Å²) in [4.78, 5) is 13.2. The lowest BCUT2D eigenvalue weighted by Gasteiger charge is -2.31. The number of carbonyl (C=O) groups is 1. The molecule has 0 aromatic heterocycles. The summed E-state index contributed by atoms with van der Waals surface area (Å²) in [6, 6.07) is 2.57. The highest BCUT2D eigenvalue weighted by atomic mass is 32.2. The molecule has 1 aliphatic heterocycles. The number of carboxylic acid groups (broad SMARTS) is 1. The third kappa shape index (κ3) is 5.09. The molecule has 7 nitrogen and oxygen atoms in total. The number of benzene rings is 1. The molecule has 0 atom stereocenters. The van der Waals surface area contributed by atoms with Crippen molar-refractivity contribution in [3.05, 3.63) is 17.7 Å². The number of carboxylic acids is 1. The molecule has 8 heteroatoms. The fourth-order valence-corrected chi connectivity index (χ4v) is 3.68. The second kappa shape index (κ2) is 8.53. The first-order chi connectivity index (χ1) is 11.8. The molecule has 3 N–H and O–H groups in total. The molecule has 1 aliphatic rings. The van der Waals surface area contributed by atoms with Gasteiger partial charge in [0.25, 0.3) is 0 Å². The number of hydrogen-bond donors (Lipinski definition) is 2. The SMILES string of the molecule is CCCCCOc1c(N2CCCCC2)cc(C(=O)O)cc1S(N)(=O)=O. The topological polar surface area (TPSA) is 110 Å². The standard InChI is InChI=1S/C17H26N2O5S/c1-2-3-7-10-24-16-14(19-8-5-4-6-9-19)11-13(17(20)21)12-15(16)25(18,22)23/h11-12H,2-10H2,1H3,(H,20,21)(H2,18,22,23). The number of rotatable bonds is 8. The molecule has 0 amide bonds. The minimum absolute atomic E-state index is 0.106. The second-order valence-electron chi connectivity index (χ2n) is 6.28. The predicted molar refractivity (Wildman–Crippen MR) is 95.9 cm³/mol. The normalized spacial score (nSPS) is 15.2. The summed E-state index contributed by atoms with van der Waals surface area (Å²) in [7, 11) is -4.11. The molecule has 0 radical (unpaired) electrons. The number of sulfonamides is 1. The van der Waals surface area contributed by atoms with Crippen molar-refractivity contribution < 1.29 is 23.1 Å². The maximum Gasteiger partial charge on any atom is 0.335 e. The molecule has 1 saturated heterocycles. The van der Waals surface area contributed by atoms with E-state index in [0.717, 1.165) is 57.7 Å². The van der Waals surface area contributed by atoms with E-state index in [1.54, 1.807) is 0 Å². The van der Waals surface area contributed by atoms with Crippen LogP contribution in [0, 0.1) is 0 Å². The van der Waals surface area contributed by atoms with Gasteiger partial charge in [0.2, 0.25) is 10.0 Å². The Labute approximate surface area is 148 Å². The number of hydrogen-bond acceptors (Lipinski definition) is 5. The second-order valence-corrected chi connectivity index (χ2v) is 7.81. The van der Waals surface area contributed by atoms with E-state index in [0.29, 0.717) is 12.3 Å². The summed E-state index contributed by atoms with van der Waals surface area (Å²) in [5, 5.41) is 14.7. The minimum atomic E-state index is -4.11. The van der Waals surface area contributed by atoms with Gasteiger partial charge >= 0.3 is 5.97 Å². The molecule has 140 valence electrons. The molecule has 1 heterocycles. The van der Waals surface area contributed by atoms with Crippen molar-refractivity contribution in [2.75, 3.05) is 24.6 Å². The summed E-state index contributed by atoms with van der Waals surface area (Å²) in [6.07, 6.45) is 5.82. The monoisotopic (exact) mass is 370 g/mol. The number of primary sulfonamides is 1. The van der Waals surface area contributed by atoms with Crippen LogP contribution in [0.25, 0.3) is 0 Å². The molecule has 1 aromatic carbocycles. The summed E-state index contributed by atoms with van der Waals surface area (Å²) in [5.41, 5.74) is 0.394. The maximum atomic E-state index is 12.0. The lowest BCUT2D eigenvalue weighted by molar-refractivity contribution is 0.0696. The first-order valence-corrected chi connectivity index (χ1v) is 10.2. The molecule has 1 fully saturated rings. The van der Waals surface area contributed by atoms with Crippen LogP contribution in [-0.2, 0) is 10.0 Å². The lowest BCUT2D eigenvalue weighted by atomic mass is 10.1. The van der Waals surface area contributed by atoms with E-state index in [1.165, 1.54) is 6.07 Å². The highest BCUT2D eigenvalue weighted by Gasteiger charge is 2.26. The third-order valence-electron chi connectivity index (χ3n) is 4.28. The molecule has 2 rings (SSSR count). The Morgan fingerprint density at radius 2 is 1.92 bits per heavy atom. The van der Waals surface area contributed by atoms with Crippen LogP contribution < -0.4 is 14.8 Å². The van der Waals surface area contributed by atoms with Crippen molar-refractivity contribution in [1.29, 1.82) is 0 Å². The Hall–Kier alpha value is -1.80. The van der Waals surface area contributed by atoms with Crippen LogP contribution in [0.3, 0.4) is 0 Å². The van der Waals surface area contributed by atoms with Gasteiger partial charge in [0, 0.05) is 13.1 Å². The zero-order valence-corrected chi connectivity index (χ0v) is 15.3. The predicted octanol–water partition coefficient (Wildman–Crippen LogP) is 2.59. The van der Waals surface area contributed by atoms with Gasteiger partial charge in [-0.1, -0.05) is 19.8 Å². The molecule has 25 heavy (non-hydrogen) atoms. The Morgan fingerprint density at radius 3 is 2.48 bits per heavy atom. The zero-order valence-electron chi connectivity index (χ0n) is 14.5. The molecule has 0 aliphatic carbocycles. The highest BCUT2D eigenvalue weighted by Crippen LogP contribution is 2.37. The fourth-order valence-electron chi connectivity index (χ4n) is 2.96. The van der Waals surface area contributed by atoms with Gasteiger partial charge in [-0.3, -0.25) is 0 Å². The lowest BCUT2D eigenvalue weighted by Crippen LogP contribution is -2.30. The summed E-state index contributed by atoms with van der Waals surface area (Å²) in [5.74, 6) is -1.02. The van der Waals surface area contributed by atoms with Crippen LogP contribution in [0.15, 0.2) is 17.0 Å². The first-order valence-electron chi connectivity index (χ1n) is 8.66. The molecule has 0 bridgehead atoms. The highest BCUT2D eigenvalue weighted by molar-refractivity contribution is 7.89. The quantitative estimate of drug-likeness (QED) is 0.681. The summed E-state index contributed by atoms with van der Waals surface area (Å²) >= 11 is 0. The van der Waals surface area contributed by atoms with E-state index in [2.05, 4.69) is 6.92 Å². The average molecular weight is 370 g/mol. The van der Waals surface area contributed by atoms with E-state index in [1.807, 2.05) is 4.90 Å². The van der Waals surface area contributed by atoms with Crippen molar-refractivity contribution in [3.63, 3.8) is 0 Å². The first kappa shape index (κ1) is 19.5. The van der Waals surface area contributed by atoms with Gasteiger partial charge in [-0.05, 0) is 37.8 Å². The van der Waals surface area contributed by atoms with Crippen LogP contribution >= 0.6 is 0 Å². The van der Waals surface area contributed by atoms with Crippen molar-refractivity contribution in [2.24, 2.45) is 5.14 Å². The van der Waals surface area contributed by atoms with E-state index in [4.69, 9.17) is 9.88 Å². The number of unbranched alkanes of at least 4 members (excludes halogenated alkanes) is 2. The van der Waals surface area contributed by atoms with E-state index >= 15 is 0 Å². The van der Waals surface area contributed by atoms with E-state index < -0.39 is 16.0 Å². The number of aromatic carboxylic acids is 1. The van der Waals surface area contributed by atoms with Gasteiger partial charge in [-0.25, -0.2) is 18.4 Å². The maximum absolute atomic E-state index is 12.0. The fraction of sp³-hybridized carbons (Fsp3) is 0.588. The Bertz CT molecular complexity index is 712. The van der Waals surface area contributed by atoms with Crippen LogP contribution in [-0.4, -0.2) is 39.2 Å².